The van der Waals surface area contributed by atoms with Gasteiger partial charge in [-0.15, -0.1) is 6.42 Å². The van der Waals surface area contributed by atoms with Gasteiger partial charge in [0.25, 0.3) is 5.91 Å². The monoisotopic (exact) mass is 569 g/mol. The van der Waals surface area contributed by atoms with E-state index in [2.05, 4.69) is 23.5 Å². The van der Waals surface area contributed by atoms with Gasteiger partial charge in [-0.25, -0.2) is 4.79 Å². The lowest BCUT2D eigenvalue weighted by Crippen LogP contribution is -2.54. The molecule has 2 atom stereocenters. The van der Waals surface area contributed by atoms with Gasteiger partial charge in [-0.2, -0.15) is 0 Å². The third kappa shape index (κ3) is 9.58. The number of halogens is 1. The van der Waals surface area contributed by atoms with Crippen LogP contribution in [0.5, 0.6) is 0 Å². The highest BCUT2D eigenvalue weighted by atomic mass is 35.5. The van der Waals surface area contributed by atoms with Gasteiger partial charge >= 0.3 is 6.09 Å². The number of benzene rings is 2. The number of rotatable bonds is 12. The number of terminal acetylenes is 1. The number of carbonyl (C=O) groups excluding carboxylic acids is 3. The van der Waals surface area contributed by atoms with Crippen LogP contribution in [0.3, 0.4) is 0 Å². The zero-order valence-electron chi connectivity index (χ0n) is 23.9. The Morgan fingerprint density at radius 3 is 2.33 bits per heavy atom. The van der Waals surface area contributed by atoms with Gasteiger partial charge in [0, 0.05) is 12.1 Å². The number of carbonyl (C=O) groups is 3. The summed E-state index contributed by atoms with van der Waals surface area (Å²) in [6.07, 6.45) is 8.06. The number of aryl methyl sites for hydroxylation is 1. The third-order valence-electron chi connectivity index (χ3n) is 6.13. The third-order valence-corrected chi connectivity index (χ3v) is 6.45. The van der Waals surface area contributed by atoms with Crippen LogP contribution in [-0.4, -0.2) is 52.7 Å². The molecule has 2 aromatic rings. The summed E-state index contributed by atoms with van der Waals surface area (Å²) in [5.74, 6) is 1.43. The highest BCUT2D eigenvalue weighted by molar-refractivity contribution is 6.34. The normalized spacial score (nSPS) is 12.6. The number of aliphatic hydroxyl groups excluding tert-OH is 1. The number of nitrogens with one attached hydrogen (secondary N) is 2. The van der Waals surface area contributed by atoms with Crippen molar-refractivity contribution >= 4 is 35.2 Å². The molecule has 2 unspecified atom stereocenters. The van der Waals surface area contributed by atoms with Crippen molar-refractivity contribution in [2.75, 3.05) is 18.5 Å². The fraction of sp³-hybridized carbons (Fsp3) is 0.452. The summed E-state index contributed by atoms with van der Waals surface area (Å²) in [5, 5.41) is 15.8. The van der Waals surface area contributed by atoms with Crippen molar-refractivity contribution in [3.63, 3.8) is 0 Å². The van der Waals surface area contributed by atoms with E-state index in [9.17, 15) is 19.5 Å². The lowest BCUT2D eigenvalue weighted by Gasteiger charge is -2.34. The number of alkyl carbamates (subject to hydrolysis) is 1. The van der Waals surface area contributed by atoms with Crippen LogP contribution in [0, 0.1) is 19.3 Å². The Labute approximate surface area is 242 Å². The molecule has 0 aliphatic heterocycles. The molecular weight excluding hydrogens is 530 g/mol. The SMILES string of the molecule is C#Cc1ccc(C(C(=O)Nc2c(C)cccc2Cl)N(CCCCCC)C(=O)C(CO)NC(=O)OC(C)(C)C)cc1. The molecule has 9 heteroatoms. The van der Waals surface area contributed by atoms with Crippen LogP contribution in [0.25, 0.3) is 0 Å². The maximum atomic E-state index is 13.9. The Morgan fingerprint density at radius 1 is 1.10 bits per heavy atom. The molecule has 2 rings (SSSR count). The van der Waals surface area contributed by atoms with Gasteiger partial charge in [0.05, 0.1) is 17.3 Å². The van der Waals surface area contributed by atoms with Crippen molar-refractivity contribution in [3.8, 4) is 12.3 Å². The van der Waals surface area contributed by atoms with Gasteiger partial charge in [-0.05, 0) is 63.4 Å². The second-order valence-corrected chi connectivity index (χ2v) is 11.0. The first-order chi connectivity index (χ1) is 18.9. The van der Waals surface area contributed by atoms with Gasteiger partial charge in [0.2, 0.25) is 5.91 Å². The van der Waals surface area contributed by atoms with Crippen LogP contribution in [0.4, 0.5) is 10.5 Å². The average molecular weight is 570 g/mol. The van der Waals surface area contributed by atoms with E-state index in [1.54, 1.807) is 57.2 Å². The lowest BCUT2D eigenvalue weighted by atomic mass is 10.00. The van der Waals surface area contributed by atoms with Gasteiger partial charge < -0.3 is 25.4 Å². The smallest absolute Gasteiger partial charge is 0.408 e. The molecule has 2 aromatic carbocycles. The van der Waals surface area contributed by atoms with Gasteiger partial charge in [-0.1, -0.05) is 68.0 Å². The summed E-state index contributed by atoms with van der Waals surface area (Å²) in [4.78, 5) is 41.8. The first-order valence-electron chi connectivity index (χ1n) is 13.4. The second kappa shape index (κ2) is 15.3. The first-order valence-corrected chi connectivity index (χ1v) is 13.8. The molecule has 0 aliphatic carbocycles. The van der Waals surface area contributed by atoms with Crippen molar-refractivity contribution in [3.05, 3.63) is 64.2 Å². The first kappa shape index (κ1) is 32.7. The van der Waals surface area contributed by atoms with E-state index < -0.39 is 42.2 Å². The van der Waals surface area contributed by atoms with E-state index in [4.69, 9.17) is 22.8 Å². The molecule has 0 saturated heterocycles. The van der Waals surface area contributed by atoms with E-state index in [0.717, 1.165) is 24.8 Å². The van der Waals surface area contributed by atoms with Crippen LogP contribution in [-0.2, 0) is 14.3 Å². The van der Waals surface area contributed by atoms with E-state index >= 15 is 0 Å². The number of para-hydroxylation sites is 1. The summed E-state index contributed by atoms with van der Waals surface area (Å²) >= 11 is 6.40. The van der Waals surface area contributed by atoms with Crippen molar-refractivity contribution < 1.29 is 24.2 Å². The number of anilines is 1. The lowest BCUT2D eigenvalue weighted by molar-refractivity contribution is -0.141. The van der Waals surface area contributed by atoms with Crippen molar-refractivity contribution in [2.45, 2.75) is 78.0 Å². The number of ether oxygens (including phenoxy) is 1. The Bertz CT molecular complexity index is 1180. The molecule has 0 aliphatic rings. The Balaban J connectivity index is 2.54. The van der Waals surface area contributed by atoms with E-state index in [1.807, 2.05) is 13.0 Å². The predicted octanol–water partition coefficient (Wildman–Crippen LogP) is 5.60. The predicted molar refractivity (Wildman–Crippen MR) is 158 cm³/mol. The zero-order chi connectivity index (χ0) is 29.9. The molecule has 3 amide bonds. The van der Waals surface area contributed by atoms with Crippen molar-refractivity contribution in [1.82, 2.24) is 10.2 Å². The number of hydrogen-bond donors (Lipinski definition) is 3. The molecule has 0 radical (unpaired) electrons. The summed E-state index contributed by atoms with van der Waals surface area (Å²) < 4.78 is 5.29. The van der Waals surface area contributed by atoms with Crippen LogP contribution in [0.1, 0.15) is 76.1 Å². The molecule has 0 aromatic heterocycles. The van der Waals surface area contributed by atoms with Gasteiger partial charge in [0.15, 0.2) is 0 Å². The molecule has 0 fully saturated rings. The highest BCUT2D eigenvalue weighted by Crippen LogP contribution is 2.30. The number of amides is 3. The summed E-state index contributed by atoms with van der Waals surface area (Å²) in [7, 11) is 0. The minimum absolute atomic E-state index is 0.210. The summed E-state index contributed by atoms with van der Waals surface area (Å²) in [5.41, 5.74) is 1.51. The highest BCUT2D eigenvalue weighted by Gasteiger charge is 2.36. The summed E-state index contributed by atoms with van der Waals surface area (Å²) in [6, 6.07) is 9.60. The fourth-order valence-corrected chi connectivity index (χ4v) is 4.40. The van der Waals surface area contributed by atoms with Crippen molar-refractivity contribution in [1.29, 1.82) is 0 Å². The van der Waals surface area contributed by atoms with Crippen molar-refractivity contribution in [2.24, 2.45) is 0 Å². The molecule has 8 nitrogen and oxygen atoms in total. The number of unbranched alkanes of at least 4 members (excludes halogenated alkanes) is 3. The largest absolute Gasteiger partial charge is 0.444 e. The van der Waals surface area contributed by atoms with Crippen LogP contribution >= 0.6 is 11.6 Å². The van der Waals surface area contributed by atoms with Gasteiger partial charge in [-0.3, -0.25) is 9.59 Å². The Morgan fingerprint density at radius 2 is 1.77 bits per heavy atom. The second-order valence-electron chi connectivity index (χ2n) is 10.6. The minimum atomic E-state index is -1.33. The molecule has 0 bridgehead atoms. The van der Waals surface area contributed by atoms with Crippen LogP contribution in [0.2, 0.25) is 5.02 Å². The molecule has 40 heavy (non-hydrogen) atoms. The molecule has 0 saturated carbocycles. The number of nitrogens with zero attached hydrogens (tertiary/aromatic N) is 1. The molecule has 3 N–H and O–H groups in total. The van der Waals surface area contributed by atoms with E-state index in [-0.39, 0.29) is 6.54 Å². The number of aliphatic hydroxyl groups is 1. The average Bonchev–Trinajstić information content (AvgIpc) is 2.90. The Hall–Kier alpha value is -3.54. The van der Waals surface area contributed by atoms with E-state index in [1.165, 1.54) is 4.90 Å². The standard InChI is InChI=1S/C31H40ClN3O5/c1-7-9-10-11-19-35(29(38)25(20-36)33-30(39)40-31(4,5)6)27(23-17-15-22(8-2)16-18-23)28(37)34-26-21(3)13-12-14-24(26)32/h2,12-18,25,27,36H,7,9-11,19-20H2,1,3-6H3,(H,33,39)(H,34,37). The molecular formula is C31H40ClN3O5. The maximum absolute atomic E-state index is 13.9. The maximum Gasteiger partial charge on any atom is 0.408 e. The zero-order valence-corrected chi connectivity index (χ0v) is 24.7. The Kier molecular flexibility index (Phi) is 12.5. The van der Waals surface area contributed by atoms with Crippen LogP contribution < -0.4 is 10.6 Å². The fourth-order valence-electron chi connectivity index (χ4n) is 4.13. The minimum Gasteiger partial charge on any atom is -0.444 e. The molecule has 216 valence electrons. The van der Waals surface area contributed by atoms with Crippen LogP contribution in [0.15, 0.2) is 42.5 Å². The number of hydrogen-bond acceptors (Lipinski definition) is 5. The van der Waals surface area contributed by atoms with E-state index in [0.29, 0.717) is 28.3 Å². The summed E-state index contributed by atoms with van der Waals surface area (Å²) in [6.45, 7) is 8.50. The molecule has 0 heterocycles. The van der Waals surface area contributed by atoms with Gasteiger partial charge in [0.1, 0.15) is 17.7 Å². The molecule has 0 spiro atoms. The topological polar surface area (TPSA) is 108 Å². The quantitative estimate of drug-likeness (QED) is 0.228.